The van der Waals surface area contributed by atoms with Gasteiger partial charge in [-0.05, 0) is 19.3 Å². The highest BCUT2D eigenvalue weighted by Crippen LogP contribution is 2.26. The predicted octanol–water partition coefficient (Wildman–Crippen LogP) is 1.77. The monoisotopic (exact) mass is 167 g/mol. The lowest BCUT2D eigenvalue weighted by Gasteiger charge is -2.40. The molecule has 68 valence electrons. The molecule has 0 saturated carbocycles. The third kappa shape index (κ3) is 1.36. The number of rotatable bonds is 2. The maximum atomic E-state index is 5.45. The van der Waals surface area contributed by atoms with E-state index in [0.717, 1.165) is 19.8 Å². The van der Waals surface area contributed by atoms with Gasteiger partial charge in [-0.2, -0.15) is 0 Å². The van der Waals surface area contributed by atoms with Crippen molar-refractivity contribution in [3.8, 4) is 0 Å². The lowest BCUT2D eigenvalue weighted by molar-refractivity contribution is 0.00516. The lowest BCUT2D eigenvalue weighted by Crippen LogP contribution is -2.45. The van der Waals surface area contributed by atoms with Crippen LogP contribution >= 0.6 is 0 Å². The van der Waals surface area contributed by atoms with Crippen LogP contribution in [-0.2, 0) is 4.74 Å². The van der Waals surface area contributed by atoms with Crippen LogP contribution in [0.5, 0.6) is 0 Å². The zero-order chi connectivity index (χ0) is 8.39. The molecule has 0 radical (unpaired) electrons. The second-order valence-corrected chi connectivity index (χ2v) is 3.56. The molecular weight excluding hydrogens is 150 g/mol. The van der Waals surface area contributed by atoms with Crippen molar-refractivity contribution in [1.82, 2.24) is 4.90 Å². The molecule has 2 rings (SSSR count). The van der Waals surface area contributed by atoms with Gasteiger partial charge in [0.2, 0.25) is 0 Å². The summed E-state index contributed by atoms with van der Waals surface area (Å²) in [7, 11) is 0. The first-order chi connectivity index (χ1) is 5.92. The third-order valence-corrected chi connectivity index (χ3v) is 2.85. The van der Waals surface area contributed by atoms with Crippen molar-refractivity contribution in [1.29, 1.82) is 0 Å². The highest BCUT2D eigenvalue weighted by Gasteiger charge is 2.24. The van der Waals surface area contributed by atoms with Gasteiger partial charge in [0.25, 0.3) is 0 Å². The zero-order valence-electron chi connectivity index (χ0n) is 7.75. The average Bonchev–Trinajstić information content (AvgIpc) is 2.02. The van der Waals surface area contributed by atoms with Crippen LogP contribution in [0, 0.1) is 0 Å². The Bertz CT molecular complexity index is 188. The highest BCUT2D eigenvalue weighted by atomic mass is 16.5. The first-order valence-corrected chi connectivity index (χ1v) is 4.95. The van der Waals surface area contributed by atoms with Crippen LogP contribution in [-0.4, -0.2) is 30.7 Å². The number of nitrogens with zero attached hydrogens (tertiary/aromatic N) is 1. The summed E-state index contributed by atoms with van der Waals surface area (Å²) < 4.78 is 5.45. The van der Waals surface area contributed by atoms with E-state index < -0.39 is 0 Å². The smallest absolute Gasteiger partial charge is 0.0670 e. The van der Waals surface area contributed by atoms with Crippen molar-refractivity contribution in [2.45, 2.75) is 32.2 Å². The van der Waals surface area contributed by atoms with Gasteiger partial charge in [0.15, 0.2) is 0 Å². The van der Waals surface area contributed by atoms with E-state index in [-0.39, 0.29) is 0 Å². The second-order valence-electron chi connectivity index (χ2n) is 3.56. The van der Waals surface area contributed by atoms with Gasteiger partial charge >= 0.3 is 0 Å². The van der Waals surface area contributed by atoms with Crippen LogP contribution in [0.2, 0.25) is 0 Å². The Morgan fingerprint density at radius 2 is 2.50 bits per heavy atom. The molecule has 2 heteroatoms. The molecule has 2 nitrogen and oxygen atoms in total. The number of morpholine rings is 1. The summed E-state index contributed by atoms with van der Waals surface area (Å²) in [6, 6.07) is 0.644. The molecular formula is C10H17NO. The number of hydrogen-bond acceptors (Lipinski definition) is 2. The Balaban J connectivity index is 1.99. The van der Waals surface area contributed by atoms with E-state index in [0.29, 0.717) is 6.04 Å². The summed E-state index contributed by atoms with van der Waals surface area (Å²) in [5, 5.41) is 0. The van der Waals surface area contributed by atoms with Gasteiger partial charge in [-0.3, -0.25) is 0 Å². The molecule has 1 fully saturated rings. The highest BCUT2D eigenvalue weighted by molar-refractivity contribution is 5.12. The summed E-state index contributed by atoms with van der Waals surface area (Å²) in [6.07, 6.45) is 6.13. The van der Waals surface area contributed by atoms with Crippen molar-refractivity contribution >= 4 is 0 Å². The van der Waals surface area contributed by atoms with Gasteiger partial charge in [0, 0.05) is 12.2 Å². The SMILES string of the molecule is CCC1COCCN1C1=CCC1. The van der Waals surface area contributed by atoms with Crippen molar-refractivity contribution in [3.05, 3.63) is 11.8 Å². The fourth-order valence-electron chi connectivity index (χ4n) is 1.91. The Morgan fingerprint density at radius 3 is 3.08 bits per heavy atom. The summed E-state index contributed by atoms with van der Waals surface area (Å²) in [4.78, 5) is 2.53. The van der Waals surface area contributed by atoms with Gasteiger partial charge in [-0.15, -0.1) is 0 Å². The fraction of sp³-hybridized carbons (Fsp3) is 0.800. The Morgan fingerprint density at radius 1 is 1.67 bits per heavy atom. The molecule has 1 unspecified atom stereocenters. The van der Waals surface area contributed by atoms with Gasteiger partial charge in [0.05, 0.1) is 19.3 Å². The van der Waals surface area contributed by atoms with E-state index in [1.165, 1.54) is 19.3 Å². The first-order valence-electron chi connectivity index (χ1n) is 4.95. The molecule has 0 N–H and O–H groups in total. The number of hydrogen-bond donors (Lipinski definition) is 0. The first kappa shape index (κ1) is 8.11. The van der Waals surface area contributed by atoms with E-state index in [9.17, 15) is 0 Å². The van der Waals surface area contributed by atoms with Gasteiger partial charge in [0.1, 0.15) is 0 Å². The minimum atomic E-state index is 0.644. The van der Waals surface area contributed by atoms with Crippen molar-refractivity contribution in [3.63, 3.8) is 0 Å². The fourth-order valence-corrected chi connectivity index (χ4v) is 1.91. The maximum Gasteiger partial charge on any atom is 0.0670 e. The van der Waals surface area contributed by atoms with E-state index >= 15 is 0 Å². The molecule has 0 aromatic carbocycles. The van der Waals surface area contributed by atoms with E-state index in [1.54, 1.807) is 5.70 Å². The molecule has 0 aromatic heterocycles. The van der Waals surface area contributed by atoms with Crippen LogP contribution in [0.3, 0.4) is 0 Å². The topological polar surface area (TPSA) is 12.5 Å². The molecule has 2 aliphatic rings. The predicted molar refractivity (Wildman–Crippen MR) is 48.9 cm³/mol. The van der Waals surface area contributed by atoms with Crippen LogP contribution in [0.4, 0.5) is 0 Å². The molecule has 12 heavy (non-hydrogen) atoms. The third-order valence-electron chi connectivity index (χ3n) is 2.85. The van der Waals surface area contributed by atoms with Crippen LogP contribution < -0.4 is 0 Å². The zero-order valence-corrected chi connectivity index (χ0v) is 7.75. The molecule has 1 heterocycles. The Labute approximate surface area is 74.2 Å². The number of ether oxygens (including phenoxy) is 1. The summed E-state index contributed by atoms with van der Waals surface area (Å²) in [5.74, 6) is 0. The molecule has 0 amide bonds. The van der Waals surface area contributed by atoms with Gasteiger partial charge in [-0.1, -0.05) is 13.0 Å². The largest absolute Gasteiger partial charge is 0.377 e. The second kappa shape index (κ2) is 3.48. The quantitative estimate of drug-likeness (QED) is 0.621. The molecule has 0 spiro atoms. The van der Waals surface area contributed by atoms with E-state index in [4.69, 9.17) is 4.74 Å². The molecule has 0 aromatic rings. The van der Waals surface area contributed by atoms with Crippen molar-refractivity contribution in [2.75, 3.05) is 19.8 Å². The standard InChI is InChI=1S/C10H17NO/c1-2-9-8-12-7-6-11(9)10-4-3-5-10/h4,9H,2-3,5-8H2,1H3. The van der Waals surface area contributed by atoms with Crippen LogP contribution in [0.1, 0.15) is 26.2 Å². The molecule has 1 aliphatic heterocycles. The molecule has 0 bridgehead atoms. The lowest BCUT2D eigenvalue weighted by atomic mass is 10.0. The normalized spacial score (nSPS) is 29.6. The summed E-state index contributed by atoms with van der Waals surface area (Å²) >= 11 is 0. The van der Waals surface area contributed by atoms with Gasteiger partial charge < -0.3 is 9.64 Å². The Kier molecular flexibility index (Phi) is 2.35. The number of allylic oxidation sites excluding steroid dienone is 2. The van der Waals surface area contributed by atoms with Crippen molar-refractivity contribution in [2.24, 2.45) is 0 Å². The molecule has 1 atom stereocenters. The summed E-state index contributed by atoms with van der Waals surface area (Å²) in [6.45, 7) is 5.18. The maximum absolute atomic E-state index is 5.45. The Hall–Kier alpha value is -0.500. The minimum absolute atomic E-state index is 0.644. The molecule has 1 saturated heterocycles. The van der Waals surface area contributed by atoms with Crippen LogP contribution in [0.25, 0.3) is 0 Å². The summed E-state index contributed by atoms with van der Waals surface area (Å²) in [5.41, 5.74) is 1.56. The average molecular weight is 167 g/mol. The van der Waals surface area contributed by atoms with E-state index in [1.807, 2.05) is 0 Å². The van der Waals surface area contributed by atoms with E-state index in [2.05, 4.69) is 17.9 Å². The molecule has 1 aliphatic carbocycles. The van der Waals surface area contributed by atoms with Crippen LogP contribution in [0.15, 0.2) is 11.8 Å². The minimum Gasteiger partial charge on any atom is -0.377 e. The van der Waals surface area contributed by atoms with Gasteiger partial charge in [-0.25, -0.2) is 0 Å². The van der Waals surface area contributed by atoms with Crippen molar-refractivity contribution < 1.29 is 4.74 Å².